The van der Waals surface area contributed by atoms with Crippen LogP contribution in [0.5, 0.6) is 0 Å². The Hall–Kier alpha value is -3.29. The lowest BCUT2D eigenvalue weighted by Gasteiger charge is -2.07. The van der Waals surface area contributed by atoms with Crippen LogP contribution in [0.25, 0.3) is 11.4 Å². The summed E-state index contributed by atoms with van der Waals surface area (Å²) in [7, 11) is 0. The van der Waals surface area contributed by atoms with Crippen LogP contribution in [-0.4, -0.2) is 26.0 Å². The molecule has 0 atom stereocenters. The van der Waals surface area contributed by atoms with E-state index in [1.54, 1.807) is 25.1 Å². The first-order chi connectivity index (χ1) is 12.5. The number of aromatic nitrogens is 4. The fourth-order valence-electron chi connectivity index (χ4n) is 2.46. The summed E-state index contributed by atoms with van der Waals surface area (Å²) in [4.78, 5) is 35.1. The van der Waals surface area contributed by atoms with Crippen molar-refractivity contribution in [1.29, 1.82) is 0 Å². The summed E-state index contributed by atoms with van der Waals surface area (Å²) in [6.45, 7) is 3.66. The van der Waals surface area contributed by atoms with E-state index < -0.39 is 0 Å². The topological polar surface area (TPSA) is 114 Å². The van der Waals surface area contributed by atoms with Gasteiger partial charge in [-0.1, -0.05) is 24.2 Å². The van der Waals surface area contributed by atoms with Crippen LogP contribution in [0.4, 0.5) is 5.69 Å². The lowest BCUT2D eigenvalue weighted by Crippen LogP contribution is -2.13. The quantitative estimate of drug-likeness (QED) is 0.702. The zero-order valence-electron chi connectivity index (χ0n) is 14.6. The Morgan fingerprint density at radius 2 is 2.12 bits per heavy atom. The molecule has 0 bridgehead atoms. The highest BCUT2D eigenvalue weighted by atomic mass is 16.5. The molecule has 26 heavy (non-hydrogen) atoms. The molecular weight excluding hydrogens is 334 g/mol. The second-order valence-electron chi connectivity index (χ2n) is 5.80. The lowest BCUT2D eigenvalue weighted by molar-refractivity contribution is -0.116. The number of nitrogens with one attached hydrogen (secondary N) is 2. The molecule has 0 aliphatic rings. The number of aryl methyl sites for hydroxylation is 3. The number of H-pyrrole nitrogens is 1. The minimum Gasteiger partial charge on any atom is -0.339 e. The number of hydrogen-bond acceptors (Lipinski definition) is 6. The molecule has 0 saturated carbocycles. The number of benzene rings is 1. The van der Waals surface area contributed by atoms with Crippen LogP contribution in [0.15, 0.2) is 39.6 Å². The van der Waals surface area contributed by atoms with Crippen LogP contribution < -0.4 is 10.9 Å². The Kier molecular flexibility index (Phi) is 5.21. The number of hydrogen-bond donors (Lipinski definition) is 2. The summed E-state index contributed by atoms with van der Waals surface area (Å²) in [6, 6.07) is 8.65. The van der Waals surface area contributed by atoms with Crippen LogP contribution in [0, 0.1) is 6.92 Å². The van der Waals surface area contributed by atoms with Crippen LogP contribution in [0.2, 0.25) is 0 Å². The van der Waals surface area contributed by atoms with Gasteiger partial charge in [0.05, 0.1) is 0 Å². The Labute approximate surface area is 149 Å². The molecule has 0 aliphatic heterocycles. The maximum Gasteiger partial charge on any atom is 0.251 e. The van der Waals surface area contributed by atoms with Gasteiger partial charge in [-0.2, -0.15) is 4.98 Å². The van der Waals surface area contributed by atoms with Crippen LogP contribution >= 0.6 is 0 Å². The van der Waals surface area contributed by atoms with Gasteiger partial charge in [0.2, 0.25) is 11.8 Å². The van der Waals surface area contributed by atoms with E-state index >= 15 is 0 Å². The standard InChI is InChI=1S/C18H19N5O3/c1-3-13-10-16(25)22-18(21-13)12-5-4-6-14(9-12)20-15(24)7-8-17-19-11(2)23-26-17/h4-6,9-10H,3,7-8H2,1-2H3,(H,20,24)(H,21,22,25). The number of carbonyl (C=O) groups excluding carboxylic acids is 1. The smallest absolute Gasteiger partial charge is 0.251 e. The molecule has 8 heteroatoms. The molecule has 0 unspecified atom stereocenters. The lowest BCUT2D eigenvalue weighted by atomic mass is 10.1. The third kappa shape index (κ3) is 4.41. The second kappa shape index (κ2) is 7.73. The molecular formula is C18H19N5O3. The molecule has 2 aromatic heterocycles. The average Bonchev–Trinajstić information content (AvgIpc) is 3.05. The summed E-state index contributed by atoms with van der Waals surface area (Å²) in [5, 5.41) is 6.51. The predicted octanol–water partition coefficient (Wildman–Crippen LogP) is 2.26. The van der Waals surface area contributed by atoms with Gasteiger partial charge in [0.15, 0.2) is 5.82 Å². The highest BCUT2D eigenvalue weighted by Crippen LogP contribution is 2.19. The zero-order chi connectivity index (χ0) is 18.5. The van der Waals surface area contributed by atoms with Crippen molar-refractivity contribution in [2.24, 2.45) is 0 Å². The van der Waals surface area contributed by atoms with Crippen LogP contribution in [0.1, 0.15) is 30.8 Å². The van der Waals surface area contributed by atoms with Gasteiger partial charge in [-0.3, -0.25) is 9.59 Å². The number of anilines is 1. The number of carbonyl (C=O) groups is 1. The third-order valence-electron chi connectivity index (χ3n) is 3.71. The van der Waals surface area contributed by atoms with Crippen molar-refractivity contribution >= 4 is 11.6 Å². The van der Waals surface area contributed by atoms with E-state index in [4.69, 9.17) is 4.52 Å². The Morgan fingerprint density at radius 1 is 1.27 bits per heavy atom. The fraction of sp³-hybridized carbons (Fsp3) is 0.278. The number of rotatable bonds is 6. The molecule has 0 radical (unpaired) electrons. The summed E-state index contributed by atoms with van der Waals surface area (Å²) >= 11 is 0. The van der Waals surface area contributed by atoms with Gasteiger partial charge in [0.25, 0.3) is 5.56 Å². The minimum atomic E-state index is -0.198. The van der Waals surface area contributed by atoms with E-state index in [9.17, 15) is 9.59 Å². The maximum atomic E-state index is 12.1. The third-order valence-corrected chi connectivity index (χ3v) is 3.71. The normalized spacial score (nSPS) is 10.7. The van der Waals surface area contributed by atoms with Crippen molar-refractivity contribution in [2.75, 3.05) is 5.32 Å². The van der Waals surface area contributed by atoms with Gasteiger partial charge in [-0.15, -0.1) is 0 Å². The molecule has 3 aromatic rings. The van der Waals surface area contributed by atoms with Crippen molar-refractivity contribution in [2.45, 2.75) is 33.1 Å². The number of aromatic amines is 1. The van der Waals surface area contributed by atoms with Crippen molar-refractivity contribution in [3.63, 3.8) is 0 Å². The van der Waals surface area contributed by atoms with E-state index in [0.717, 1.165) is 5.56 Å². The summed E-state index contributed by atoms with van der Waals surface area (Å²) in [6.07, 6.45) is 1.27. The Balaban J connectivity index is 1.70. The first-order valence-electron chi connectivity index (χ1n) is 8.33. The SMILES string of the molecule is CCc1cc(=O)[nH]c(-c2cccc(NC(=O)CCc3nc(C)no3)c2)n1. The van der Waals surface area contributed by atoms with Gasteiger partial charge >= 0.3 is 0 Å². The van der Waals surface area contributed by atoms with E-state index in [-0.39, 0.29) is 17.9 Å². The van der Waals surface area contributed by atoms with Gasteiger partial charge in [0, 0.05) is 35.9 Å². The molecule has 3 rings (SSSR count). The van der Waals surface area contributed by atoms with Gasteiger partial charge in [0.1, 0.15) is 5.82 Å². The maximum absolute atomic E-state index is 12.1. The Bertz CT molecular complexity index is 977. The molecule has 8 nitrogen and oxygen atoms in total. The Morgan fingerprint density at radius 3 is 2.85 bits per heavy atom. The zero-order valence-corrected chi connectivity index (χ0v) is 14.6. The van der Waals surface area contributed by atoms with Crippen molar-refractivity contribution in [3.05, 3.63) is 58.1 Å². The first-order valence-corrected chi connectivity index (χ1v) is 8.33. The van der Waals surface area contributed by atoms with E-state index in [1.807, 2.05) is 13.0 Å². The molecule has 0 spiro atoms. The van der Waals surface area contributed by atoms with Crippen molar-refractivity contribution in [1.82, 2.24) is 20.1 Å². The molecule has 134 valence electrons. The number of amides is 1. The highest BCUT2D eigenvalue weighted by molar-refractivity contribution is 5.91. The minimum absolute atomic E-state index is 0.165. The molecule has 1 amide bonds. The van der Waals surface area contributed by atoms with Crippen LogP contribution in [-0.2, 0) is 17.6 Å². The van der Waals surface area contributed by atoms with E-state index in [2.05, 4.69) is 25.4 Å². The largest absolute Gasteiger partial charge is 0.339 e. The predicted molar refractivity (Wildman–Crippen MR) is 95.7 cm³/mol. The van der Waals surface area contributed by atoms with Crippen molar-refractivity contribution in [3.8, 4) is 11.4 Å². The second-order valence-corrected chi connectivity index (χ2v) is 5.80. The van der Waals surface area contributed by atoms with E-state index in [1.165, 1.54) is 6.07 Å². The first kappa shape index (κ1) is 17.5. The monoisotopic (exact) mass is 353 g/mol. The molecule has 2 N–H and O–H groups in total. The molecule has 2 heterocycles. The van der Waals surface area contributed by atoms with Gasteiger partial charge in [-0.05, 0) is 25.5 Å². The molecule has 1 aromatic carbocycles. The van der Waals surface area contributed by atoms with Crippen molar-refractivity contribution < 1.29 is 9.32 Å². The summed E-state index contributed by atoms with van der Waals surface area (Å²) < 4.78 is 4.99. The van der Waals surface area contributed by atoms with Crippen LogP contribution in [0.3, 0.4) is 0 Å². The summed E-state index contributed by atoms with van der Waals surface area (Å²) in [5.41, 5.74) is 1.87. The van der Waals surface area contributed by atoms with Gasteiger partial charge in [-0.25, -0.2) is 4.98 Å². The average molecular weight is 353 g/mol. The highest BCUT2D eigenvalue weighted by Gasteiger charge is 2.09. The number of nitrogens with zero attached hydrogens (tertiary/aromatic N) is 3. The summed E-state index contributed by atoms with van der Waals surface area (Å²) in [5.74, 6) is 1.29. The molecule has 0 aliphatic carbocycles. The molecule has 0 saturated heterocycles. The van der Waals surface area contributed by atoms with Gasteiger partial charge < -0.3 is 14.8 Å². The molecule has 0 fully saturated rings. The fourth-order valence-corrected chi connectivity index (χ4v) is 2.46. The van der Waals surface area contributed by atoms with E-state index in [0.29, 0.717) is 41.8 Å².